The number of aryl methyl sites for hydroxylation is 2. The van der Waals surface area contributed by atoms with E-state index in [1.165, 1.54) is 16.9 Å². The number of likely N-dealkylation sites (tertiary alicyclic amines) is 1. The van der Waals surface area contributed by atoms with Crippen LogP contribution in [-0.4, -0.2) is 45.6 Å². The summed E-state index contributed by atoms with van der Waals surface area (Å²) >= 11 is 1.29. The van der Waals surface area contributed by atoms with E-state index in [1.807, 2.05) is 18.5 Å². The Morgan fingerprint density at radius 2 is 1.97 bits per heavy atom. The third-order valence-corrected chi connectivity index (χ3v) is 6.09. The van der Waals surface area contributed by atoms with E-state index in [1.54, 1.807) is 6.07 Å². The number of thiophene rings is 1. The molecule has 0 unspecified atom stereocenters. The number of nitrogens with zero attached hydrogens (tertiary/aromatic N) is 3. The summed E-state index contributed by atoms with van der Waals surface area (Å²) in [6, 6.07) is 9.99. The maximum absolute atomic E-state index is 12.4. The Labute approximate surface area is 171 Å². The van der Waals surface area contributed by atoms with Gasteiger partial charge in [-0.2, -0.15) is 5.10 Å². The fourth-order valence-electron chi connectivity index (χ4n) is 3.38. The first-order valence-electron chi connectivity index (χ1n) is 9.45. The van der Waals surface area contributed by atoms with Crippen LogP contribution in [0.25, 0.3) is 10.2 Å². The van der Waals surface area contributed by atoms with E-state index in [0.29, 0.717) is 30.8 Å². The van der Waals surface area contributed by atoms with Crippen molar-refractivity contribution in [3.05, 3.63) is 52.0 Å². The zero-order valence-electron chi connectivity index (χ0n) is 16.3. The standard InChI is InChI=1S/C21H21N3O4S/c1-13-5-7-15(8-6-13)11-24-20-16(14(2)22-24)10-17(29-20)21(27)28-12-19(26)23-9-3-4-18(23)25/h5-8,10H,3-4,9,11-12H2,1-2H3. The zero-order chi connectivity index (χ0) is 20.5. The van der Waals surface area contributed by atoms with E-state index in [-0.39, 0.29) is 5.91 Å². The van der Waals surface area contributed by atoms with Crippen LogP contribution >= 0.6 is 11.3 Å². The highest BCUT2D eigenvalue weighted by atomic mass is 32.1. The maximum atomic E-state index is 12.4. The first-order valence-corrected chi connectivity index (χ1v) is 10.3. The van der Waals surface area contributed by atoms with Gasteiger partial charge in [-0.15, -0.1) is 11.3 Å². The number of ether oxygens (including phenoxy) is 1. The van der Waals surface area contributed by atoms with Crippen LogP contribution in [0.5, 0.6) is 0 Å². The SMILES string of the molecule is Cc1ccc(Cn2nc(C)c3cc(C(=O)OCC(=O)N4CCCC4=O)sc32)cc1. The van der Waals surface area contributed by atoms with Crippen LogP contribution in [0.3, 0.4) is 0 Å². The molecule has 0 N–H and O–H groups in total. The summed E-state index contributed by atoms with van der Waals surface area (Å²) in [5.74, 6) is -1.24. The number of hydrogen-bond acceptors (Lipinski definition) is 6. The summed E-state index contributed by atoms with van der Waals surface area (Å²) in [7, 11) is 0. The second kappa shape index (κ2) is 7.79. The number of imide groups is 1. The fraction of sp³-hybridized carbons (Fsp3) is 0.333. The first-order chi connectivity index (χ1) is 13.9. The minimum absolute atomic E-state index is 0.209. The number of amides is 2. The molecular formula is C21H21N3O4S. The highest BCUT2D eigenvalue weighted by Gasteiger charge is 2.27. The molecule has 2 amide bonds. The first kappa shape index (κ1) is 19.3. The second-order valence-electron chi connectivity index (χ2n) is 7.18. The monoisotopic (exact) mass is 411 g/mol. The number of hydrogen-bond donors (Lipinski definition) is 0. The van der Waals surface area contributed by atoms with Gasteiger partial charge >= 0.3 is 5.97 Å². The van der Waals surface area contributed by atoms with Crippen molar-refractivity contribution < 1.29 is 19.1 Å². The topological polar surface area (TPSA) is 81.5 Å². The molecule has 0 aliphatic carbocycles. The molecule has 0 spiro atoms. The Bertz CT molecular complexity index is 1100. The molecule has 0 atom stereocenters. The van der Waals surface area contributed by atoms with Crippen LogP contribution < -0.4 is 0 Å². The molecule has 4 rings (SSSR count). The van der Waals surface area contributed by atoms with Gasteiger partial charge in [0.25, 0.3) is 5.91 Å². The molecule has 1 saturated heterocycles. The molecule has 0 saturated carbocycles. The van der Waals surface area contributed by atoms with Gasteiger partial charge < -0.3 is 4.74 Å². The van der Waals surface area contributed by atoms with Crippen molar-refractivity contribution in [2.75, 3.05) is 13.2 Å². The average Bonchev–Trinajstić information content (AvgIpc) is 3.39. The number of fused-ring (bicyclic) bond motifs is 1. The Morgan fingerprint density at radius 1 is 1.21 bits per heavy atom. The second-order valence-corrected chi connectivity index (χ2v) is 8.21. The normalized spacial score (nSPS) is 14.0. The Morgan fingerprint density at radius 3 is 2.66 bits per heavy atom. The molecule has 3 heterocycles. The lowest BCUT2D eigenvalue weighted by Crippen LogP contribution is -2.35. The third-order valence-electron chi connectivity index (χ3n) is 4.96. The van der Waals surface area contributed by atoms with Crippen molar-refractivity contribution in [2.45, 2.75) is 33.2 Å². The van der Waals surface area contributed by atoms with Gasteiger partial charge in [0.2, 0.25) is 5.91 Å². The Balaban J connectivity index is 1.48. The molecule has 7 nitrogen and oxygen atoms in total. The quantitative estimate of drug-likeness (QED) is 0.603. The zero-order valence-corrected chi connectivity index (χ0v) is 17.1. The molecular weight excluding hydrogens is 390 g/mol. The van der Waals surface area contributed by atoms with E-state index in [0.717, 1.165) is 26.4 Å². The van der Waals surface area contributed by atoms with Crippen LogP contribution in [0.4, 0.5) is 0 Å². The lowest BCUT2D eigenvalue weighted by molar-refractivity contribution is -0.143. The highest BCUT2D eigenvalue weighted by molar-refractivity contribution is 7.20. The average molecular weight is 411 g/mol. The van der Waals surface area contributed by atoms with Crippen molar-refractivity contribution in [1.29, 1.82) is 0 Å². The smallest absolute Gasteiger partial charge is 0.348 e. The number of rotatable bonds is 5. The van der Waals surface area contributed by atoms with Crippen molar-refractivity contribution in [3.8, 4) is 0 Å². The van der Waals surface area contributed by atoms with Crippen molar-refractivity contribution in [2.24, 2.45) is 0 Å². The molecule has 29 heavy (non-hydrogen) atoms. The predicted octanol–water partition coefficient (Wildman–Crippen LogP) is 3.07. The van der Waals surface area contributed by atoms with Gasteiger partial charge in [0.05, 0.1) is 12.2 Å². The number of esters is 1. The molecule has 150 valence electrons. The molecule has 1 fully saturated rings. The largest absolute Gasteiger partial charge is 0.451 e. The molecule has 8 heteroatoms. The van der Waals surface area contributed by atoms with Gasteiger partial charge in [0, 0.05) is 18.4 Å². The lowest BCUT2D eigenvalue weighted by Gasteiger charge is -2.12. The number of benzene rings is 1. The predicted molar refractivity (Wildman–Crippen MR) is 109 cm³/mol. The summed E-state index contributed by atoms with van der Waals surface area (Å²) in [4.78, 5) is 38.6. The van der Waals surface area contributed by atoms with Crippen LogP contribution in [0.15, 0.2) is 30.3 Å². The molecule has 1 aromatic carbocycles. The van der Waals surface area contributed by atoms with Crippen LogP contribution in [0.2, 0.25) is 0 Å². The van der Waals surface area contributed by atoms with E-state index in [2.05, 4.69) is 29.4 Å². The van der Waals surface area contributed by atoms with Gasteiger partial charge in [-0.1, -0.05) is 29.8 Å². The lowest BCUT2D eigenvalue weighted by atomic mass is 10.1. The summed E-state index contributed by atoms with van der Waals surface area (Å²) in [5, 5.41) is 5.48. The van der Waals surface area contributed by atoms with E-state index >= 15 is 0 Å². The molecule has 2 aromatic heterocycles. The van der Waals surface area contributed by atoms with E-state index < -0.39 is 18.5 Å². The van der Waals surface area contributed by atoms with Gasteiger partial charge in [-0.05, 0) is 31.9 Å². The third kappa shape index (κ3) is 3.93. The Kier molecular flexibility index (Phi) is 5.19. The van der Waals surface area contributed by atoms with Crippen LogP contribution in [-0.2, 0) is 20.9 Å². The Hall–Kier alpha value is -3.00. The summed E-state index contributed by atoms with van der Waals surface area (Å²) < 4.78 is 7.04. The maximum Gasteiger partial charge on any atom is 0.348 e. The van der Waals surface area contributed by atoms with Crippen molar-refractivity contribution >= 4 is 39.3 Å². The highest BCUT2D eigenvalue weighted by Crippen LogP contribution is 2.29. The molecule has 0 radical (unpaired) electrons. The number of carbonyl (C=O) groups excluding carboxylic acids is 3. The minimum Gasteiger partial charge on any atom is -0.451 e. The van der Waals surface area contributed by atoms with Gasteiger partial charge in [-0.25, -0.2) is 4.79 Å². The fourth-order valence-corrected chi connectivity index (χ4v) is 4.43. The molecule has 0 bridgehead atoms. The summed E-state index contributed by atoms with van der Waals surface area (Å²) in [6.45, 7) is 4.52. The molecule has 1 aliphatic rings. The van der Waals surface area contributed by atoms with Gasteiger partial charge in [-0.3, -0.25) is 19.2 Å². The van der Waals surface area contributed by atoms with Gasteiger partial charge in [0.1, 0.15) is 9.71 Å². The molecule has 3 aromatic rings. The van der Waals surface area contributed by atoms with Crippen molar-refractivity contribution in [3.63, 3.8) is 0 Å². The number of carbonyl (C=O) groups is 3. The number of aromatic nitrogens is 2. The summed E-state index contributed by atoms with van der Waals surface area (Å²) in [6.07, 6.45) is 1.03. The molecule has 1 aliphatic heterocycles. The van der Waals surface area contributed by atoms with Crippen LogP contribution in [0, 0.1) is 13.8 Å². The van der Waals surface area contributed by atoms with E-state index in [4.69, 9.17) is 4.74 Å². The van der Waals surface area contributed by atoms with Crippen LogP contribution in [0.1, 0.15) is 39.3 Å². The van der Waals surface area contributed by atoms with Gasteiger partial charge in [0.15, 0.2) is 6.61 Å². The van der Waals surface area contributed by atoms with Crippen molar-refractivity contribution in [1.82, 2.24) is 14.7 Å². The van der Waals surface area contributed by atoms with E-state index in [9.17, 15) is 14.4 Å². The summed E-state index contributed by atoms with van der Waals surface area (Å²) in [5.41, 5.74) is 3.15. The minimum atomic E-state index is -0.563.